The van der Waals surface area contributed by atoms with Gasteiger partial charge in [-0.05, 0) is 43.7 Å². The van der Waals surface area contributed by atoms with Crippen LogP contribution < -0.4 is 0 Å². The van der Waals surface area contributed by atoms with Gasteiger partial charge in [0, 0.05) is 26.9 Å². The van der Waals surface area contributed by atoms with Gasteiger partial charge in [-0.15, -0.1) is 11.3 Å². The molecule has 21 heavy (non-hydrogen) atoms. The normalized spacial score (nSPS) is 11.3. The van der Waals surface area contributed by atoms with Crippen LogP contribution in [0.1, 0.15) is 25.7 Å². The molecule has 2 nitrogen and oxygen atoms in total. The highest BCUT2D eigenvalue weighted by molar-refractivity contribution is 7.12. The number of para-hydroxylation sites is 1. The maximum absolute atomic E-state index is 12.3. The molecule has 0 atom stereocenters. The van der Waals surface area contributed by atoms with Crippen molar-refractivity contribution in [2.45, 2.75) is 13.8 Å². The number of fused-ring (bicyclic) bond motifs is 1. The number of allylic oxidation sites excluding steroid dienone is 1. The predicted octanol–water partition coefficient (Wildman–Crippen LogP) is 4.81. The fraction of sp³-hybridized carbons (Fsp3) is 0.111. The molecule has 0 aliphatic heterocycles. The number of aromatic nitrogens is 1. The number of rotatable bonds is 3. The molecule has 0 aliphatic carbocycles. The Hall–Kier alpha value is -2.26. The van der Waals surface area contributed by atoms with Crippen LogP contribution in [0.25, 0.3) is 17.0 Å². The molecule has 0 saturated carbocycles. The lowest BCUT2D eigenvalue weighted by Crippen LogP contribution is -1.93. The minimum Gasteiger partial charge on any atom is -0.289 e. The maximum atomic E-state index is 12.3. The van der Waals surface area contributed by atoms with Crippen molar-refractivity contribution >= 4 is 34.1 Å². The van der Waals surface area contributed by atoms with Gasteiger partial charge in [-0.3, -0.25) is 9.78 Å². The molecule has 3 rings (SSSR count). The largest absolute Gasteiger partial charge is 0.289 e. The van der Waals surface area contributed by atoms with Gasteiger partial charge < -0.3 is 0 Å². The van der Waals surface area contributed by atoms with E-state index in [9.17, 15) is 4.79 Å². The summed E-state index contributed by atoms with van der Waals surface area (Å²) in [5.41, 5.74) is 2.75. The van der Waals surface area contributed by atoms with Crippen LogP contribution in [0.2, 0.25) is 0 Å². The minimum atomic E-state index is 0.0535. The van der Waals surface area contributed by atoms with E-state index >= 15 is 0 Å². The molecule has 0 radical (unpaired) electrons. The number of carbonyl (C=O) groups excluding carboxylic acids is 1. The molecule has 0 spiro atoms. The third-order valence-corrected chi connectivity index (χ3v) is 4.37. The lowest BCUT2D eigenvalue weighted by atomic mass is 10.1. The molecule has 1 aromatic carbocycles. The zero-order chi connectivity index (χ0) is 14.8. The van der Waals surface area contributed by atoms with Gasteiger partial charge in [0.2, 0.25) is 0 Å². The lowest BCUT2D eigenvalue weighted by Gasteiger charge is -2.00. The number of thiophene rings is 1. The highest BCUT2D eigenvalue weighted by atomic mass is 32.1. The van der Waals surface area contributed by atoms with Gasteiger partial charge in [0.1, 0.15) is 0 Å². The SMILES string of the molecule is Cc1cc(C(=O)/C=C/c2ccnc3ccccc23)c(C)s1. The lowest BCUT2D eigenvalue weighted by molar-refractivity contribution is 0.104. The zero-order valence-electron chi connectivity index (χ0n) is 12.0. The second-order valence-electron chi connectivity index (χ2n) is 4.94. The van der Waals surface area contributed by atoms with E-state index < -0.39 is 0 Å². The van der Waals surface area contributed by atoms with Gasteiger partial charge >= 0.3 is 0 Å². The molecular weight excluding hydrogens is 278 g/mol. The van der Waals surface area contributed by atoms with Crippen molar-refractivity contribution in [1.29, 1.82) is 0 Å². The Morgan fingerprint density at radius 1 is 1.19 bits per heavy atom. The van der Waals surface area contributed by atoms with Gasteiger partial charge in [0.05, 0.1) is 5.52 Å². The summed E-state index contributed by atoms with van der Waals surface area (Å²) in [5, 5.41) is 1.06. The molecule has 2 heterocycles. The third kappa shape index (κ3) is 2.78. The van der Waals surface area contributed by atoms with Crippen LogP contribution in [-0.4, -0.2) is 10.8 Å². The monoisotopic (exact) mass is 293 g/mol. The number of aryl methyl sites for hydroxylation is 2. The summed E-state index contributed by atoms with van der Waals surface area (Å²) in [5.74, 6) is 0.0535. The number of pyridine rings is 1. The van der Waals surface area contributed by atoms with E-state index in [4.69, 9.17) is 0 Å². The highest BCUT2D eigenvalue weighted by Gasteiger charge is 2.09. The summed E-state index contributed by atoms with van der Waals surface area (Å²) in [6, 6.07) is 11.8. The zero-order valence-corrected chi connectivity index (χ0v) is 12.8. The number of benzene rings is 1. The Morgan fingerprint density at radius 3 is 2.76 bits per heavy atom. The Morgan fingerprint density at radius 2 is 2.00 bits per heavy atom. The van der Waals surface area contributed by atoms with Crippen LogP contribution in [0.15, 0.2) is 48.7 Å². The van der Waals surface area contributed by atoms with Gasteiger partial charge in [0.15, 0.2) is 5.78 Å². The predicted molar refractivity (Wildman–Crippen MR) is 88.9 cm³/mol. The second-order valence-corrected chi connectivity index (χ2v) is 6.40. The quantitative estimate of drug-likeness (QED) is 0.512. The summed E-state index contributed by atoms with van der Waals surface area (Å²) < 4.78 is 0. The van der Waals surface area contributed by atoms with Crippen LogP contribution in [0, 0.1) is 13.8 Å². The Bertz CT molecular complexity index is 840. The molecule has 0 saturated heterocycles. The van der Waals surface area contributed by atoms with E-state index in [1.54, 1.807) is 23.6 Å². The van der Waals surface area contributed by atoms with Crippen molar-refractivity contribution in [3.63, 3.8) is 0 Å². The standard InChI is InChI=1S/C18H15NOS/c1-12-11-16(13(2)21-12)18(20)8-7-14-9-10-19-17-6-4-3-5-15(14)17/h3-11H,1-2H3/b8-7+. The Labute approximate surface area is 127 Å². The minimum absolute atomic E-state index is 0.0535. The smallest absolute Gasteiger partial charge is 0.186 e. The van der Waals surface area contributed by atoms with Gasteiger partial charge in [-0.25, -0.2) is 0 Å². The van der Waals surface area contributed by atoms with Gasteiger partial charge in [0.25, 0.3) is 0 Å². The van der Waals surface area contributed by atoms with E-state index in [0.717, 1.165) is 26.9 Å². The Balaban J connectivity index is 1.95. The molecule has 3 heteroatoms. The van der Waals surface area contributed by atoms with Gasteiger partial charge in [-0.2, -0.15) is 0 Å². The molecule has 0 amide bonds. The van der Waals surface area contributed by atoms with E-state index in [2.05, 4.69) is 4.98 Å². The van der Waals surface area contributed by atoms with Crippen LogP contribution in [0.5, 0.6) is 0 Å². The van der Waals surface area contributed by atoms with Crippen LogP contribution in [-0.2, 0) is 0 Å². The molecule has 3 aromatic rings. The molecule has 0 N–H and O–H groups in total. The first-order valence-electron chi connectivity index (χ1n) is 6.78. The average molecular weight is 293 g/mol. The summed E-state index contributed by atoms with van der Waals surface area (Å²) in [6.45, 7) is 4.01. The first kappa shape index (κ1) is 13.7. The summed E-state index contributed by atoms with van der Waals surface area (Å²) in [4.78, 5) is 18.9. The first-order chi connectivity index (χ1) is 10.1. The number of hydrogen-bond donors (Lipinski definition) is 0. The van der Waals surface area contributed by atoms with Crippen LogP contribution in [0.4, 0.5) is 0 Å². The van der Waals surface area contributed by atoms with Crippen molar-refractivity contribution in [2.24, 2.45) is 0 Å². The number of nitrogens with zero attached hydrogens (tertiary/aromatic N) is 1. The first-order valence-corrected chi connectivity index (χ1v) is 7.60. The van der Waals surface area contributed by atoms with Crippen molar-refractivity contribution in [3.8, 4) is 0 Å². The average Bonchev–Trinajstić information content (AvgIpc) is 2.83. The fourth-order valence-electron chi connectivity index (χ4n) is 2.39. The molecule has 0 aliphatic rings. The molecule has 0 bridgehead atoms. The molecule has 0 fully saturated rings. The van der Waals surface area contributed by atoms with Crippen molar-refractivity contribution < 1.29 is 4.79 Å². The molecule has 104 valence electrons. The number of hydrogen-bond acceptors (Lipinski definition) is 3. The fourth-order valence-corrected chi connectivity index (χ4v) is 3.32. The van der Waals surface area contributed by atoms with E-state index in [1.807, 2.05) is 56.3 Å². The van der Waals surface area contributed by atoms with Crippen molar-refractivity contribution in [1.82, 2.24) is 4.98 Å². The summed E-state index contributed by atoms with van der Waals surface area (Å²) in [6.07, 6.45) is 5.29. The summed E-state index contributed by atoms with van der Waals surface area (Å²) in [7, 11) is 0. The second kappa shape index (κ2) is 5.62. The summed E-state index contributed by atoms with van der Waals surface area (Å²) >= 11 is 1.66. The van der Waals surface area contributed by atoms with Crippen LogP contribution >= 0.6 is 11.3 Å². The molecular formula is C18H15NOS. The highest BCUT2D eigenvalue weighted by Crippen LogP contribution is 2.22. The third-order valence-electron chi connectivity index (χ3n) is 3.40. The van der Waals surface area contributed by atoms with E-state index in [0.29, 0.717) is 0 Å². The number of carbonyl (C=O) groups is 1. The van der Waals surface area contributed by atoms with Gasteiger partial charge in [-0.1, -0.05) is 24.3 Å². The van der Waals surface area contributed by atoms with E-state index in [1.165, 1.54) is 4.88 Å². The van der Waals surface area contributed by atoms with Crippen LogP contribution in [0.3, 0.4) is 0 Å². The molecule has 2 aromatic heterocycles. The van der Waals surface area contributed by atoms with E-state index in [-0.39, 0.29) is 5.78 Å². The van der Waals surface area contributed by atoms with Crippen molar-refractivity contribution in [2.75, 3.05) is 0 Å². The topological polar surface area (TPSA) is 30.0 Å². The molecule has 0 unspecified atom stereocenters. The maximum Gasteiger partial charge on any atom is 0.186 e. The van der Waals surface area contributed by atoms with Crippen molar-refractivity contribution in [3.05, 3.63) is 69.6 Å². The number of ketones is 1. The Kier molecular flexibility index (Phi) is 3.67.